The Balaban J connectivity index is 2.09. The normalized spacial score (nSPS) is 23.3. The van der Waals surface area contributed by atoms with E-state index < -0.39 is 5.60 Å². The molecule has 54 valence electrons. The van der Waals surface area contributed by atoms with Crippen molar-refractivity contribution in [2.45, 2.75) is 31.8 Å². The van der Waals surface area contributed by atoms with Crippen LogP contribution in [0.25, 0.3) is 0 Å². The second-order valence-corrected chi connectivity index (χ2v) is 2.82. The van der Waals surface area contributed by atoms with Crippen molar-refractivity contribution in [3.8, 4) is 0 Å². The first-order valence-corrected chi connectivity index (χ1v) is 3.57. The molecule has 0 atom stereocenters. The topological polar surface area (TPSA) is 29.5 Å². The van der Waals surface area contributed by atoms with Crippen molar-refractivity contribution in [2.75, 3.05) is 13.2 Å². The average molecular weight is 130 g/mol. The average Bonchev–Trinajstić information content (AvgIpc) is 1.79. The van der Waals surface area contributed by atoms with Gasteiger partial charge in [-0.2, -0.15) is 0 Å². The van der Waals surface area contributed by atoms with E-state index in [9.17, 15) is 5.11 Å². The van der Waals surface area contributed by atoms with Crippen LogP contribution < -0.4 is 0 Å². The standard InChI is InChI=1S/C7H14O2/c1-2-3-4-7(8)5-9-6-7/h8H,2-6H2,1H3. The SMILES string of the molecule is CCCCC1(O)COC1. The van der Waals surface area contributed by atoms with Gasteiger partial charge in [0.1, 0.15) is 5.60 Å². The Hall–Kier alpha value is -0.0800. The Morgan fingerprint density at radius 1 is 1.56 bits per heavy atom. The number of aliphatic hydroxyl groups is 1. The fraction of sp³-hybridized carbons (Fsp3) is 1.00. The molecule has 0 aliphatic carbocycles. The van der Waals surface area contributed by atoms with Crippen LogP contribution in [-0.2, 0) is 4.74 Å². The molecule has 0 amide bonds. The van der Waals surface area contributed by atoms with Crippen molar-refractivity contribution in [3.05, 3.63) is 0 Å². The summed E-state index contributed by atoms with van der Waals surface area (Å²) < 4.78 is 4.88. The molecule has 0 radical (unpaired) electrons. The first-order chi connectivity index (χ1) is 4.27. The van der Waals surface area contributed by atoms with E-state index in [0.717, 1.165) is 19.3 Å². The summed E-state index contributed by atoms with van der Waals surface area (Å²) in [6.45, 7) is 3.23. The molecule has 0 saturated carbocycles. The molecule has 0 aromatic carbocycles. The third-order valence-electron chi connectivity index (χ3n) is 1.74. The van der Waals surface area contributed by atoms with Crippen LogP contribution in [0.3, 0.4) is 0 Å². The molecule has 0 bridgehead atoms. The maximum Gasteiger partial charge on any atom is 0.111 e. The van der Waals surface area contributed by atoms with Gasteiger partial charge in [-0.1, -0.05) is 19.8 Å². The second kappa shape index (κ2) is 2.67. The molecule has 0 aromatic heterocycles. The molecule has 1 fully saturated rings. The quantitative estimate of drug-likeness (QED) is 0.616. The summed E-state index contributed by atoms with van der Waals surface area (Å²) in [5.74, 6) is 0. The highest BCUT2D eigenvalue weighted by atomic mass is 16.5. The first kappa shape index (κ1) is 7.03. The van der Waals surface area contributed by atoms with E-state index in [-0.39, 0.29) is 0 Å². The van der Waals surface area contributed by atoms with Crippen molar-refractivity contribution < 1.29 is 9.84 Å². The predicted octanol–water partition coefficient (Wildman–Crippen LogP) is 0.938. The Labute approximate surface area is 55.8 Å². The highest BCUT2D eigenvalue weighted by Gasteiger charge is 2.34. The van der Waals surface area contributed by atoms with E-state index in [0.29, 0.717) is 13.2 Å². The van der Waals surface area contributed by atoms with Gasteiger partial charge in [-0.25, -0.2) is 0 Å². The summed E-state index contributed by atoms with van der Waals surface area (Å²) in [5.41, 5.74) is -0.448. The molecular formula is C7H14O2. The van der Waals surface area contributed by atoms with Crippen LogP contribution in [0.5, 0.6) is 0 Å². The molecule has 1 rings (SSSR count). The minimum absolute atomic E-state index is 0.448. The number of hydrogen-bond acceptors (Lipinski definition) is 2. The molecule has 0 unspecified atom stereocenters. The lowest BCUT2D eigenvalue weighted by Gasteiger charge is -2.36. The Bertz CT molecular complexity index is 86.9. The van der Waals surface area contributed by atoms with Gasteiger partial charge in [0.05, 0.1) is 13.2 Å². The maximum atomic E-state index is 9.42. The van der Waals surface area contributed by atoms with E-state index in [1.54, 1.807) is 0 Å². The molecular weight excluding hydrogens is 116 g/mol. The van der Waals surface area contributed by atoms with Crippen LogP contribution in [0.2, 0.25) is 0 Å². The number of rotatable bonds is 3. The van der Waals surface area contributed by atoms with Crippen molar-refractivity contribution in [1.29, 1.82) is 0 Å². The lowest BCUT2D eigenvalue weighted by atomic mass is 9.95. The molecule has 0 aromatic rings. The number of unbranched alkanes of at least 4 members (excludes halogenated alkanes) is 1. The fourth-order valence-electron chi connectivity index (χ4n) is 0.988. The lowest BCUT2D eigenvalue weighted by Crippen LogP contribution is -2.49. The van der Waals surface area contributed by atoms with Gasteiger partial charge in [-0.15, -0.1) is 0 Å². The second-order valence-electron chi connectivity index (χ2n) is 2.82. The van der Waals surface area contributed by atoms with Crippen LogP contribution in [0.15, 0.2) is 0 Å². The van der Waals surface area contributed by atoms with Crippen LogP contribution >= 0.6 is 0 Å². The monoisotopic (exact) mass is 130 g/mol. The Morgan fingerprint density at radius 2 is 2.22 bits per heavy atom. The smallest absolute Gasteiger partial charge is 0.111 e. The van der Waals surface area contributed by atoms with Gasteiger partial charge in [0.15, 0.2) is 0 Å². The van der Waals surface area contributed by atoms with Gasteiger partial charge < -0.3 is 9.84 Å². The van der Waals surface area contributed by atoms with E-state index in [1.165, 1.54) is 0 Å². The Morgan fingerprint density at radius 3 is 2.56 bits per heavy atom. The van der Waals surface area contributed by atoms with Crippen LogP contribution in [0, 0.1) is 0 Å². The summed E-state index contributed by atoms with van der Waals surface area (Å²) in [4.78, 5) is 0. The van der Waals surface area contributed by atoms with Crippen LogP contribution in [0.1, 0.15) is 26.2 Å². The summed E-state index contributed by atoms with van der Waals surface area (Å²) in [6.07, 6.45) is 3.17. The lowest BCUT2D eigenvalue weighted by molar-refractivity contribution is -0.181. The molecule has 1 aliphatic rings. The van der Waals surface area contributed by atoms with Gasteiger partial charge >= 0.3 is 0 Å². The zero-order valence-electron chi connectivity index (χ0n) is 5.89. The largest absolute Gasteiger partial charge is 0.385 e. The van der Waals surface area contributed by atoms with Gasteiger partial charge in [0, 0.05) is 0 Å². The maximum absolute atomic E-state index is 9.42. The minimum atomic E-state index is -0.448. The highest BCUT2D eigenvalue weighted by Crippen LogP contribution is 2.22. The van der Waals surface area contributed by atoms with E-state index in [4.69, 9.17) is 4.74 Å². The summed E-state index contributed by atoms with van der Waals surface area (Å²) in [6, 6.07) is 0. The first-order valence-electron chi connectivity index (χ1n) is 3.57. The van der Waals surface area contributed by atoms with Gasteiger partial charge in [-0.05, 0) is 6.42 Å². The summed E-state index contributed by atoms with van der Waals surface area (Å²) in [7, 11) is 0. The minimum Gasteiger partial charge on any atom is -0.385 e. The van der Waals surface area contributed by atoms with E-state index >= 15 is 0 Å². The van der Waals surface area contributed by atoms with Crippen molar-refractivity contribution >= 4 is 0 Å². The van der Waals surface area contributed by atoms with Crippen molar-refractivity contribution in [3.63, 3.8) is 0 Å². The third kappa shape index (κ3) is 1.66. The Kier molecular flexibility index (Phi) is 2.09. The van der Waals surface area contributed by atoms with Gasteiger partial charge in [0.2, 0.25) is 0 Å². The van der Waals surface area contributed by atoms with E-state index in [1.807, 2.05) is 0 Å². The molecule has 1 N–H and O–H groups in total. The molecule has 0 spiro atoms. The highest BCUT2D eigenvalue weighted by molar-refractivity contribution is 4.84. The molecule has 2 nitrogen and oxygen atoms in total. The van der Waals surface area contributed by atoms with E-state index in [2.05, 4.69) is 6.92 Å². The van der Waals surface area contributed by atoms with Crippen molar-refractivity contribution in [1.82, 2.24) is 0 Å². The van der Waals surface area contributed by atoms with Crippen LogP contribution in [-0.4, -0.2) is 23.9 Å². The fourth-order valence-corrected chi connectivity index (χ4v) is 0.988. The molecule has 2 heteroatoms. The summed E-state index contributed by atoms with van der Waals surface area (Å²) in [5, 5.41) is 9.42. The van der Waals surface area contributed by atoms with Crippen molar-refractivity contribution in [2.24, 2.45) is 0 Å². The number of hydrogen-bond donors (Lipinski definition) is 1. The third-order valence-corrected chi connectivity index (χ3v) is 1.74. The van der Waals surface area contributed by atoms with Gasteiger partial charge in [-0.3, -0.25) is 0 Å². The van der Waals surface area contributed by atoms with Gasteiger partial charge in [0.25, 0.3) is 0 Å². The molecule has 1 saturated heterocycles. The zero-order valence-corrected chi connectivity index (χ0v) is 5.89. The molecule has 1 aliphatic heterocycles. The zero-order chi connectivity index (χ0) is 6.74. The number of ether oxygens (including phenoxy) is 1. The summed E-state index contributed by atoms with van der Waals surface area (Å²) >= 11 is 0. The predicted molar refractivity (Wildman–Crippen MR) is 35.3 cm³/mol. The van der Waals surface area contributed by atoms with Crippen LogP contribution in [0.4, 0.5) is 0 Å². The molecule has 1 heterocycles. The molecule has 9 heavy (non-hydrogen) atoms.